The van der Waals surface area contributed by atoms with Crippen molar-refractivity contribution < 1.29 is 22.7 Å². The van der Waals surface area contributed by atoms with Gasteiger partial charge in [-0.15, -0.1) is 0 Å². The Morgan fingerprint density at radius 3 is 2.36 bits per heavy atom. The number of rotatable bonds is 6. The summed E-state index contributed by atoms with van der Waals surface area (Å²) in [7, 11) is -3.66. The number of anilines is 1. The van der Waals surface area contributed by atoms with Crippen LogP contribution in [0.15, 0.2) is 47.4 Å². The average molecular weight is 472 g/mol. The van der Waals surface area contributed by atoms with Crippen LogP contribution in [0.4, 0.5) is 5.69 Å². The van der Waals surface area contributed by atoms with Crippen LogP contribution in [0.5, 0.6) is 0 Å². The summed E-state index contributed by atoms with van der Waals surface area (Å²) < 4.78 is 32.7. The van der Waals surface area contributed by atoms with E-state index < -0.39 is 16.1 Å². The zero-order valence-electron chi connectivity index (χ0n) is 18.9. The van der Waals surface area contributed by atoms with Gasteiger partial charge in [-0.1, -0.05) is 31.2 Å². The van der Waals surface area contributed by atoms with E-state index in [-0.39, 0.29) is 23.1 Å². The molecule has 33 heavy (non-hydrogen) atoms. The lowest BCUT2D eigenvalue weighted by Gasteiger charge is -2.26. The molecule has 2 aromatic carbocycles. The van der Waals surface area contributed by atoms with Gasteiger partial charge >= 0.3 is 0 Å². The number of hydrogen-bond acceptors (Lipinski definition) is 5. The maximum absolute atomic E-state index is 13.0. The standard InChI is InChI=1S/C24H29N3O5S/c1-3-18-4-6-19(7-5-18)16-25-24(29)23-15-20-14-21(8-9-22(20)27(23)17(2)28)33(30,31)26-10-12-32-13-11-26/h4-9,14,23H,3,10-13,15-16H2,1-2H3,(H,25,29). The van der Waals surface area contributed by atoms with Gasteiger partial charge in [0, 0.05) is 38.7 Å². The Morgan fingerprint density at radius 1 is 1.06 bits per heavy atom. The first-order chi connectivity index (χ1) is 15.8. The highest BCUT2D eigenvalue weighted by atomic mass is 32.2. The Bertz CT molecular complexity index is 1140. The van der Waals surface area contributed by atoms with Crippen molar-refractivity contribution in [3.63, 3.8) is 0 Å². The number of amides is 2. The van der Waals surface area contributed by atoms with Crippen molar-refractivity contribution in [2.45, 2.75) is 44.2 Å². The quantitative estimate of drug-likeness (QED) is 0.694. The zero-order chi connectivity index (χ0) is 23.6. The number of sulfonamides is 1. The summed E-state index contributed by atoms with van der Waals surface area (Å²) in [6.45, 7) is 5.21. The third-order valence-corrected chi connectivity index (χ3v) is 8.08. The minimum absolute atomic E-state index is 0.170. The second-order valence-electron chi connectivity index (χ2n) is 8.30. The van der Waals surface area contributed by atoms with E-state index in [1.165, 1.54) is 27.8 Å². The van der Waals surface area contributed by atoms with Crippen LogP contribution in [0.3, 0.4) is 0 Å². The fourth-order valence-electron chi connectivity index (χ4n) is 4.32. The molecule has 2 aromatic rings. The molecule has 2 aliphatic rings. The first-order valence-electron chi connectivity index (χ1n) is 11.2. The molecule has 0 aromatic heterocycles. The number of carbonyl (C=O) groups excluding carboxylic acids is 2. The first-order valence-corrected chi connectivity index (χ1v) is 12.6. The molecule has 1 saturated heterocycles. The summed E-state index contributed by atoms with van der Waals surface area (Å²) in [5.41, 5.74) is 3.45. The van der Waals surface area contributed by atoms with Crippen LogP contribution in [-0.2, 0) is 43.7 Å². The molecule has 4 rings (SSSR count). The summed E-state index contributed by atoms with van der Waals surface area (Å²) >= 11 is 0. The van der Waals surface area contributed by atoms with Gasteiger partial charge in [-0.05, 0) is 41.3 Å². The van der Waals surface area contributed by atoms with Crippen LogP contribution in [0.2, 0.25) is 0 Å². The summed E-state index contributed by atoms with van der Waals surface area (Å²) in [6.07, 6.45) is 1.21. The van der Waals surface area contributed by atoms with Crippen LogP contribution >= 0.6 is 0 Å². The maximum atomic E-state index is 13.0. The second kappa shape index (κ2) is 9.62. The Morgan fingerprint density at radius 2 is 1.73 bits per heavy atom. The van der Waals surface area contributed by atoms with E-state index >= 15 is 0 Å². The van der Waals surface area contributed by atoms with Crippen LogP contribution in [0.25, 0.3) is 0 Å². The lowest BCUT2D eigenvalue weighted by molar-refractivity contribution is -0.125. The minimum atomic E-state index is -3.66. The molecule has 8 nitrogen and oxygen atoms in total. The summed E-state index contributed by atoms with van der Waals surface area (Å²) in [5.74, 6) is -0.525. The van der Waals surface area contributed by atoms with Gasteiger partial charge in [-0.3, -0.25) is 14.5 Å². The number of carbonyl (C=O) groups is 2. The van der Waals surface area contributed by atoms with Gasteiger partial charge in [0.15, 0.2) is 0 Å². The van der Waals surface area contributed by atoms with Gasteiger partial charge in [0.25, 0.3) is 0 Å². The zero-order valence-corrected chi connectivity index (χ0v) is 19.7. The number of hydrogen-bond donors (Lipinski definition) is 1. The Hall–Kier alpha value is -2.75. The molecule has 1 N–H and O–H groups in total. The van der Waals surface area contributed by atoms with Gasteiger partial charge in [0.2, 0.25) is 21.8 Å². The molecule has 0 saturated carbocycles. The SMILES string of the molecule is CCc1ccc(CNC(=O)C2Cc3cc(S(=O)(=O)N4CCOCC4)ccc3N2C(C)=O)cc1. The molecule has 1 atom stereocenters. The van der Waals surface area contributed by atoms with Gasteiger partial charge in [0.1, 0.15) is 6.04 Å². The number of nitrogens with one attached hydrogen (secondary N) is 1. The van der Waals surface area contributed by atoms with Crippen molar-refractivity contribution in [2.24, 2.45) is 0 Å². The molecule has 1 fully saturated rings. The van der Waals surface area contributed by atoms with Crippen molar-refractivity contribution in [3.8, 4) is 0 Å². The summed E-state index contributed by atoms with van der Waals surface area (Å²) in [6, 6.07) is 12.0. The molecular weight excluding hydrogens is 442 g/mol. The Balaban J connectivity index is 1.52. The van der Waals surface area contributed by atoms with Crippen LogP contribution < -0.4 is 10.2 Å². The van der Waals surface area contributed by atoms with Gasteiger partial charge in [-0.25, -0.2) is 8.42 Å². The molecule has 1 unspecified atom stereocenters. The van der Waals surface area contributed by atoms with E-state index in [4.69, 9.17) is 4.74 Å². The van der Waals surface area contributed by atoms with E-state index in [0.717, 1.165) is 12.0 Å². The van der Waals surface area contributed by atoms with Crippen molar-refractivity contribution >= 4 is 27.5 Å². The smallest absolute Gasteiger partial charge is 0.243 e. The second-order valence-corrected chi connectivity index (χ2v) is 10.2. The van der Waals surface area contributed by atoms with Crippen LogP contribution in [-0.4, -0.2) is 56.9 Å². The lowest BCUT2D eigenvalue weighted by atomic mass is 10.1. The third-order valence-electron chi connectivity index (χ3n) is 6.18. The van der Waals surface area contributed by atoms with Gasteiger partial charge in [-0.2, -0.15) is 4.31 Å². The molecule has 2 aliphatic heterocycles. The summed E-state index contributed by atoms with van der Waals surface area (Å²) in [5, 5.41) is 2.92. The fraction of sp³-hybridized carbons (Fsp3) is 0.417. The Kier molecular flexibility index (Phi) is 6.83. The van der Waals surface area contributed by atoms with Crippen molar-refractivity contribution in [1.29, 1.82) is 0 Å². The molecule has 176 valence electrons. The molecule has 2 amide bonds. The number of ether oxygens (including phenoxy) is 1. The van der Waals surface area contributed by atoms with Gasteiger partial charge < -0.3 is 10.1 Å². The number of fused-ring (bicyclic) bond motifs is 1. The predicted molar refractivity (Wildman–Crippen MR) is 124 cm³/mol. The summed E-state index contributed by atoms with van der Waals surface area (Å²) in [4.78, 5) is 27.0. The van der Waals surface area contributed by atoms with E-state index in [0.29, 0.717) is 44.1 Å². The third kappa shape index (κ3) is 4.80. The molecular formula is C24H29N3O5S. The number of morpholine rings is 1. The largest absolute Gasteiger partial charge is 0.379 e. The molecule has 0 aliphatic carbocycles. The highest BCUT2D eigenvalue weighted by Gasteiger charge is 2.38. The number of nitrogens with zero attached hydrogens (tertiary/aromatic N) is 2. The fourth-order valence-corrected chi connectivity index (χ4v) is 5.78. The minimum Gasteiger partial charge on any atom is -0.379 e. The topological polar surface area (TPSA) is 96.0 Å². The highest BCUT2D eigenvalue weighted by Crippen LogP contribution is 2.35. The molecule has 0 spiro atoms. The maximum Gasteiger partial charge on any atom is 0.243 e. The van der Waals surface area contributed by atoms with Crippen LogP contribution in [0, 0.1) is 0 Å². The van der Waals surface area contributed by atoms with Gasteiger partial charge in [0.05, 0.1) is 18.1 Å². The monoisotopic (exact) mass is 471 g/mol. The predicted octanol–water partition coefficient (Wildman–Crippen LogP) is 1.86. The average Bonchev–Trinajstić information content (AvgIpc) is 3.22. The lowest BCUT2D eigenvalue weighted by Crippen LogP contribution is -2.47. The van der Waals surface area contributed by atoms with Crippen molar-refractivity contribution in [1.82, 2.24) is 9.62 Å². The highest BCUT2D eigenvalue weighted by molar-refractivity contribution is 7.89. The van der Waals surface area contributed by atoms with Crippen molar-refractivity contribution in [3.05, 3.63) is 59.2 Å². The number of aryl methyl sites for hydroxylation is 1. The molecule has 0 bridgehead atoms. The molecule has 2 heterocycles. The van der Waals surface area contributed by atoms with E-state index in [9.17, 15) is 18.0 Å². The molecule has 0 radical (unpaired) electrons. The Labute approximate surface area is 194 Å². The van der Waals surface area contributed by atoms with Crippen molar-refractivity contribution in [2.75, 3.05) is 31.2 Å². The van der Waals surface area contributed by atoms with Crippen LogP contribution in [0.1, 0.15) is 30.5 Å². The normalized spacial score (nSPS) is 18.7. The first kappa shape index (κ1) is 23.4. The molecule has 9 heteroatoms. The number of benzene rings is 2. The van der Waals surface area contributed by atoms with E-state index in [1.807, 2.05) is 24.3 Å². The van der Waals surface area contributed by atoms with E-state index in [1.54, 1.807) is 12.1 Å². The van der Waals surface area contributed by atoms with E-state index in [2.05, 4.69) is 12.2 Å².